The van der Waals surface area contributed by atoms with Crippen LogP contribution >= 0.6 is 11.6 Å². The van der Waals surface area contributed by atoms with Gasteiger partial charge >= 0.3 is 0 Å². The van der Waals surface area contributed by atoms with E-state index in [0.29, 0.717) is 16.3 Å². The maximum Gasteiger partial charge on any atom is 0.264 e. The van der Waals surface area contributed by atoms with Crippen LogP contribution in [0.25, 0.3) is 0 Å². The van der Waals surface area contributed by atoms with E-state index in [1.54, 1.807) is 24.3 Å². The lowest BCUT2D eigenvalue weighted by Gasteiger charge is -2.20. The molecule has 0 saturated heterocycles. The van der Waals surface area contributed by atoms with Crippen LogP contribution < -0.4 is 9.62 Å². The summed E-state index contributed by atoms with van der Waals surface area (Å²) in [5, 5.41) is 3.38. The fourth-order valence-corrected chi connectivity index (χ4v) is 3.87. The molecule has 0 heterocycles. The quantitative estimate of drug-likeness (QED) is 0.769. The van der Waals surface area contributed by atoms with Gasteiger partial charge in [-0.05, 0) is 55.8 Å². The van der Waals surface area contributed by atoms with Crippen molar-refractivity contribution in [2.24, 2.45) is 0 Å². The molecule has 2 aromatic carbocycles. The maximum absolute atomic E-state index is 12.8. The molecule has 2 rings (SSSR count). The first-order valence-corrected chi connectivity index (χ1v) is 10.2. The van der Waals surface area contributed by atoms with Crippen molar-refractivity contribution in [1.82, 2.24) is 5.32 Å². The molecule has 0 aromatic heterocycles. The van der Waals surface area contributed by atoms with Crippen LogP contribution in [0.3, 0.4) is 0 Å². The van der Waals surface area contributed by atoms with Crippen molar-refractivity contribution in [1.29, 1.82) is 0 Å². The monoisotopic (exact) mass is 394 g/mol. The van der Waals surface area contributed by atoms with Gasteiger partial charge < -0.3 is 5.32 Å². The van der Waals surface area contributed by atoms with Crippen molar-refractivity contribution in [3.8, 4) is 0 Å². The lowest BCUT2D eigenvalue weighted by molar-refractivity contribution is 0.0938. The fourth-order valence-electron chi connectivity index (χ4n) is 2.56. The van der Waals surface area contributed by atoms with Crippen LogP contribution in [-0.4, -0.2) is 27.4 Å². The highest BCUT2D eigenvalue weighted by atomic mass is 35.5. The molecular weight excluding hydrogens is 372 g/mol. The summed E-state index contributed by atoms with van der Waals surface area (Å²) < 4.78 is 26.7. The summed E-state index contributed by atoms with van der Waals surface area (Å²) in [6.45, 7) is 4.00. The van der Waals surface area contributed by atoms with Gasteiger partial charge in [-0.25, -0.2) is 8.42 Å². The zero-order valence-corrected chi connectivity index (χ0v) is 16.6. The average molecular weight is 395 g/mol. The van der Waals surface area contributed by atoms with Gasteiger partial charge in [0.05, 0.1) is 10.6 Å². The van der Waals surface area contributed by atoms with Gasteiger partial charge in [-0.15, -0.1) is 0 Å². The Morgan fingerprint density at radius 1 is 1.19 bits per heavy atom. The Hall–Kier alpha value is -2.05. The number of halogens is 1. The van der Waals surface area contributed by atoms with E-state index in [-0.39, 0.29) is 16.8 Å². The van der Waals surface area contributed by atoms with Crippen LogP contribution in [0.5, 0.6) is 0 Å². The predicted molar refractivity (Wildman–Crippen MR) is 105 cm³/mol. The van der Waals surface area contributed by atoms with E-state index in [2.05, 4.69) is 12.2 Å². The van der Waals surface area contributed by atoms with E-state index in [4.69, 9.17) is 11.6 Å². The minimum absolute atomic E-state index is 0.0617. The highest BCUT2D eigenvalue weighted by Gasteiger charge is 2.22. The average Bonchev–Trinajstić information content (AvgIpc) is 2.61. The molecule has 0 spiro atoms. The first kappa shape index (κ1) is 20.3. The van der Waals surface area contributed by atoms with E-state index in [1.165, 1.54) is 31.3 Å². The van der Waals surface area contributed by atoms with Gasteiger partial charge in [0.25, 0.3) is 15.9 Å². The number of benzene rings is 2. The summed E-state index contributed by atoms with van der Waals surface area (Å²) in [7, 11) is -2.28. The molecule has 0 bridgehead atoms. The summed E-state index contributed by atoms with van der Waals surface area (Å²) >= 11 is 5.82. The normalized spacial score (nSPS) is 12.5. The molecule has 0 aliphatic heterocycles. The third kappa shape index (κ3) is 4.77. The number of hydrogen-bond donors (Lipinski definition) is 1. The van der Waals surface area contributed by atoms with Crippen LogP contribution in [0.1, 0.15) is 37.0 Å². The molecule has 5 nitrogen and oxygen atoms in total. The van der Waals surface area contributed by atoms with E-state index in [1.807, 2.05) is 6.92 Å². The number of anilines is 1. The summed E-state index contributed by atoms with van der Waals surface area (Å²) in [4.78, 5) is 12.5. The number of nitrogens with one attached hydrogen (secondary N) is 1. The van der Waals surface area contributed by atoms with Gasteiger partial charge in [0.2, 0.25) is 0 Å². The van der Waals surface area contributed by atoms with Crippen molar-refractivity contribution in [3.05, 3.63) is 59.1 Å². The van der Waals surface area contributed by atoms with Crippen molar-refractivity contribution in [2.75, 3.05) is 11.4 Å². The summed E-state index contributed by atoms with van der Waals surface area (Å²) in [5.74, 6) is -0.218. The van der Waals surface area contributed by atoms with Gasteiger partial charge in [-0.3, -0.25) is 9.10 Å². The Balaban J connectivity index is 2.25. The minimum atomic E-state index is -3.74. The number of amides is 1. The molecule has 140 valence electrons. The Morgan fingerprint density at radius 3 is 2.46 bits per heavy atom. The van der Waals surface area contributed by atoms with Crippen molar-refractivity contribution < 1.29 is 13.2 Å². The van der Waals surface area contributed by atoms with Crippen LogP contribution in [0, 0.1) is 0 Å². The molecule has 0 unspecified atom stereocenters. The standard InChI is InChI=1S/C19H23ClN2O3S/c1-4-6-14(2)21-19(23)15-7-5-8-17(13-15)22(3)26(24,25)18-11-9-16(20)10-12-18/h5,7-14H,4,6H2,1-3H3,(H,21,23)/t14-/m0/s1. The van der Waals surface area contributed by atoms with Crippen LogP contribution in [0.4, 0.5) is 5.69 Å². The molecule has 0 radical (unpaired) electrons. The molecule has 0 aliphatic carbocycles. The summed E-state index contributed by atoms with van der Waals surface area (Å²) in [6.07, 6.45) is 1.86. The van der Waals surface area contributed by atoms with Crippen LogP contribution in [0.2, 0.25) is 5.02 Å². The van der Waals surface area contributed by atoms with Crippen molar-refractivity contribution in [3.63, 3.8) is 0 Å². The zero-order valence-electron chi connectivity index (χ0n) is 15.1. The molecule has 0 aliphatic rings. The highest BCUT2D eigenvalue weighted by Crippen LogP contribution is 2.24. The molecule has 7 heteroatoms. The van der Waals surface area contributed by atoms with Gasteiger partial charge in [-0.2, -0.15) is 0 Å². The van der Waals surface area contributed by atoms with E-state index >= 15 is 0 Å². The van der Waals surface area contributed by atoms with E-state index in [9.17, 15) is 13.2 Å². The molecular formula is C19H23ClN2O3S. The minimum Gasteiger partial charge on any atom is -0.350 e. The van der Waals surface area contributed by atoms with E-state index < -0.39 is 10.0 Å². The number of carbonyl (C=O) groups excluding carboxylic acids is 1. The number of nitrogens with zero attached hydrogens (tertiary/aromatic N) is 1. The zero-order chi connectivity index (χ0) is 19.3. The Kier molecular flexibility index (Phi) is 6.67. The molecule has 26 heavy (non-hydrogen) atoms. The van der Waals surface area contributed by atoms with Gasteiger partial charge in [0.1, 0.15) is 0 Å². The predicted octanol–water partition coefficient (Wildman–Crippen LogP) is 4.08. The third-order valence-electron chi connectivity index (χ3n) is 4.04. The number of sulfonamides is 1. The van der Waals surface area contributed by atoms with E-state index in [0.717, 1.165) is 17.1 Å². The van der Waals surface area contributed by atoms with Crippen molar-refractivity contribution in [2.45, 2.75) is 37.6 Å². The Labute approximate surface area is 160 Å². The Morgan fingerprint density at radius 2 is 1.85 bits per heavy atom. The Bertz CT molecular complexity index is 867. The van der Waals surface area contributed by atoms with Gasteiger partial charge in [0.15, 0.2) is 0 Å². The molecule has 1 amide bonds. The smallest absolute Gasteiger partial charge is 0.264 e. The first-order chi connectivity index (χ1) is 12.3. The molecule has 1 N–H and O–H groups in total. The second kappa shape index (κ2) is 8.56. The maximum atomic E-state index is 12.8. The molecule has 0 fully saturated rings. The number of hydrogen-bond acceptors (Lipinski definition) is 3. The van der Waals surface area contributed by atoms with Gasteiger partial charge in [-0.1, -0.05) is 31.0 Å². The third-order valence-corrected chi connectivity index (χ3v) is 6.09. The number of rotatable bonds is 7. The summed E-state index contributed by atoms with van der Waals surface area (Å²) in [5.41, 5.74) is 0.833. The second-order valence-corrected chi connectivity index (χ2v) is 8.55. The van der Waals surface area contributed by atoms with Gasteiger partial charge in [0, 0.05) is 23.7 Å². The fraction of sp³-hybridized carbons (Fsp3) is 0.316. The largest absolute Gasteiger partial charge is 0.350 e. The lowest BCUT2D eigenvalue weighted by atomic mass is 10.1. The molecule has 0 saturated carbocycles. The van der Waals surface area contributed by atoms with Crippen LogP contribution in [0.15, 0.2) is 53.4 Å². The molecule has 1 atom stereocenters. The summed E-state index contributed by atoms with van der Waals surface area (Å²) in [6, 6.07) is 12.6. The van der Waals surface area contributed by atoms with Crippen LogP contribution in [-0.2, 0) is 10.0 Å². The number of carbonyl (C=O) groups is 1. The lowest BCUT2D eigenvalue weighted by Crippen LogP contribution is -2.32. The highest BCUT2D eigenvalue weighted by molar-refractivity contribution is 7.92. The van der Waals surface area contributed by atoms with Crippen molar-refractivity contribution >= 4 is 33.2 Å². The topological polar surface area (TPSA) is 66.5 Å². The molecule has 2 aromatic rings. The first-order valence-electron chi connectivity index (χ1n) is 8.41. The SMILES string of the molecule is CCC[C@H](C)NC(=O)c1cccc(N(C)S(=O)(=O)c2ccc(Cl)cc2)c1. The second-order valence-electron chi connectivity index (χ2n) is 6.14.